The van der Waals surface area contributed by atoms with Gasteiger partial charge >= 0.3 is 0 Å². The van der Waals surface area contributed by atoms with E-state index in [1.165, 1.54) is 25.7 Å². The Morgan fingerprint density at radius 3 is 0.261 bits per heavy atom. The molecule has 0 aliphatic heterocycles. The summed E-state index contributed by atoms with van der Waals surface area (Å²) in [6, 6.07) is 0. The van der Waals surface area contributed by atoms with Crippen molar-refractivity contribution in [2.24, 2.45) is 0 Å². The molecule has 0 bridgehead atoms. The van der Waals surface area contributed by atoms with Crippen molar-refractivity contribution in [3.63, 3.8) is 0 Å². The lowest BCUT2D eigenvalue weighted by atomic mass is 10.0. The van der Waals surface area contributed by atoms with E-state index in [1.807, 2.05) is 0 Å². The molecular weight excluding hydrogens is 276 g/mol. The number of hydrogen-bond donors (Lipinski definition) is 0. The van der Waals surface area contributed by atoms with Gasteiger partial charge in [-0.15, -0.1) is 78.9 Å². The van der Waals surface area contributed by atoms with Crippen molar-refractivity contribution in [1.29, 1.82) is 0 Å². The van der Waals surface area contributed by atoms with Crippen LogP contribution in [0.4, 0.5) is 0 Å². The Kier molecular flexibility index (Phi) is 7090. The van der Waals surface area contributed by atoms with Crippen LogP contribution in [0.3, 0.4) is 0 Å². The number of hydrogen-bond acceptors (Lipinski definition) is 0. The summed E-state index contributed by atoms with van der Waals surface area (Å²) in [4.78, 5) is 0. The SMILES string of the molecule is C.C.C.C.C.C.C.C1CCC1.C=C.C=C.C=C.C=C.C=C.C=C. The normalized spacial score (nSPS) is 5.22. The Hall–Kier alpha value is -1.56. The predicted molar refractivity (Wildman–Crippen MR) is 133 cm³/mol. The Balaban J connectivity index is -0.00000000451. The zero-order valence-corrected chi connectivity index (χ0v) is 11.3. The van der Waals surface area contributed by atoms with Gasteiger partial charge in [-0.25, -0.2) is 0 Å². The van der Waals surface area contributed by atoms with Crippen molar-refractivity contribution in [1.82, 2.24) is 0 Å². The lowest BCUT2D eigenvalue weighted by molar-refractivity contribution is 0.504. The highest BCUT2D eigenvalue weighted by molar-refractivity contribution is 4.50. The maximum atomic E-state index is 3.00. The minimum atomic E-state index is 0. The molecule has 0 heterocycles. The van der Waals surface area contributed by atoms with Crippen LogP contribution in [0.2, 0.25) is 0 Å². The maximum absolute atomic E-state index is 3.00. The van der Waals surface area contributed by atoms with E-state index in [0.717, 1.165) is 0 Å². The van der Waals surface area contributed by atoms with Crippen molar-refractivity contribution in [3.8, 4) is 0 Å². The second-order valence-corrected chi connectivity index (χ2v) is 1.41. The molecule has 0 amide bonds. The molecule has 0 N–H and O–H groups in total. The summed E-state index contributed by atoms with van der Waals surface area (Å²) in [6.07, 6.45) is 6.00. The molecule has 0 saturated heterocycles. The van der Waals surface area contributed by atoms with Gasteiger partial charge in [0.2, 0.25) is 0 Å². The van der Waals surface area contributed by atoms with Gasteiger partial charge in [-0.2, -0.15) is 0 Å². The van der Waals surface area contributed by atoms with Gasteiger partial charge in [0.15, 0.2) is 0 Å². The first-order valence-electron chi connectivity index (χ1n) is 5.00. The Bertz CT molecular complexity index is 42.9. The van der Waals surface area contributed by atoms with Crippen LogP contribution in [0, 0.1) is 0 Å². The molecule has 0 heteroatoms. The zero-order valence-electron chi connectivity index (χ0n) is 11.3. The molecule has 0 atom stereocenters. The van der Waals surface area contributed by atoms with Crippen molar-refractivity contribution in [2.45, 2.75) is 77.7 Å². The van der Waals surface area contributed by atoms with E-state index in [0.29, 0.717) is 0 Å². The first-order valence-corrected chi connectivity index (χ1v) is 5.00. The molecule has 1 fully saturated rings. The van der Waals surface area contributed by atoms with Gasteiger partial charge in [0.1, 0.15) is 0 Å². The molecule has 1 aliphatic carbocycles. The average Bonchev–Trinajstić information content (AvgIpc) is 2.41. The molecule has 0 unspecified atom stereocenters. The summed E-state index contributed by atoms with van der Waals surface area (Å²) in [6.45, 7) is 36.0. The minimum absolute atomic E-state index is 0. The van der Waals surface area contributed by atoms with E-state index >= 15 is 0 Å². The largest absolute Gasteiger partial charge is 0.106 e. The van der Waals surface area contributed by atoms with E-state index in [2.05, 4.69) is 78.9 Å². The van der Waals surface area contributed by atoms with Crippen LogP contribution < -0.4 is 0 Å². The summed E-state index contributed by atoms with van der Waals surface area (Å²) in [5.74, 6) is 0. The Morgan fingerprint density at radius 1 is 0.217 bits per heavy atom. The van der Waals surface area contributed by atoms with Gasteiger partial charge in [0, 0.05) is 0 Å². The van der Waals surface area contributed by atoms with Gasteiger partial charge < -0.3 is 0 Å². The van der Waals surface area contributed by atoms with Crippen LogP contribution in [-0.2, 0) is 0 Å². The average molecular weight is 337 g/mol. The van der Waals surface area contributed by atoms with Crippen LogP contribution in [0.15, 0.2) is 78.9 Å². The second-order valence-electron chi connectivity index (χ2n) is 1.41. The summed E-state index contributed by atoms with van der Waals surface area (Å²) in [5.41, 5.74) is 0. The molecule has 152 valence electrons. The van der Waals surface area contributed by atoms with Crippen LogP contribution in [0.5, 0.6) is 0 Å². The molecule has 0 aromatic heterocycles. The monoisotopic (exact) mass is 336 g/mol. The summed E-state index contributed by atoms with van der Waals surface area (Å²) in [7, 11) is 0. The first kappa shape index (κ1) is 126. The molecule has 0 aromatic rings. The zero-order chi connectivity index (χ0) is 14.8. The summed E-state index contributed by atoms with van der Waals surface area (Å²) < 4.78 is 0. The summed E-state index contributed by atoms with van der Waals surface area (Å²) in [5, 5.41) is 0. The molecular formula is C23H60. The highest BCUT2D eigenvalue weighted by atomic mass is 14.0. The lowest BCUT2D eigenvalue weighted by Gasteiger charge is -2.05. The van der Waals surface area contributed by atoms with Crippen molar-refractivity contribution in [3.05, 3.63) is 78.9 Å². The second kappa shape index (κ2) is 1300. The highest BCUT2D eigenvalue weighted by Gasteiger charge is 1.95. The van der Waals surface area contributed by atoms with E-state index < -0.39 is 0 Å². The minimum Gasteiger partial charge on any atom is -0.106 e. The maximum Gasteiger partial charge on any atom is -0.0533 e. The molecule has 0 nitrogen and oxygen atoms in total. The van der Waals surface area contributed by atoms with Gasteiger partial charge in [0.25, 0.3) is 0 Å². The number of rotatable bonds is 0. The van der Waals surface area contributed by atoms with Gasteiger partial charge in [-0.3, -0.25) is 0 Å². The van der Waals surface area contributed by atoms with E-state index in [4.69, 9.17) is 0 Å². The molecule has 1 rings (SSSR count). The smallest absolute Gasteiger partial charge is 0.0533 e. The Morgan fingerprint density at radius 2 is 0.261 bits per heavy atom. The first-order chi connectivity index (χ1) is 8.00. The van der Waals surface area contributed by atoms with Crippen molar-refractivity contribution >= 4 is 0 Å². The topological polar surface area (TPSA) is 0 Å². The third-order valence-corrected chi connectivity index (χ3v) is 1.000. The van der Waals surface area contributed by atoms with Gasteiger partial charge in [-0.05, 0) is 0 Å². The quantitative estimate of drug-likeness (QED) is 0.386. The predicted octanol–water partition coefficient (Wildman–Crippen LogP) is 10.8. The standard InChI is InChI=1S/C4H8.6C2H4.7CH4/c1-2-4-3-1;6*1-2;;;;;;;/h1-4H2;6*1-2H2;7*1H4. The van der Waals surface area contributed by atoms with Gasteiger partial charge in [-0.1, -0.05) is 77.7 Å². The van der Waals surface area contributed by atoms with Crippen LogP contribution in [0.25, 0.3) is 0 Å². The Labute approximate surface area is 157 Å². The fraction of sp³-hybridized carbons (Fsp3) is 0.478. The molecule has 0 spiro atoms. The fourth-order valence-electron chi connectivity index (χ4n) is 0.250. The van der Waals surface area contributed by atoms with E-state index in [-0.39, 0.29) is 52.0 Å². The fourth-order valence-corrected chi connectivity index (χ4v) is 0.250. The van der Waals surface area contributed by atoms with Crippen LogP contribution >= 0.6 is 0 Å². The lowest BCUT2D eigenvalue weighted by Crippen LogP contribution is -1.85. The molecule has 0 aromatic carbocycles. The molecule has 1 saturated carbocycles. The third kappa shape index (κ3) is 1170. The third-order valence-electron chi connectivity index (χ3n) is 1.000. The van der Waals surface area contributed by atoms with Crippen molar-refractivity contribution in [2.75, 3.05) is 0 Å². The molecule has 0 radical (unpaired) electrons. The molecule has 1 aliphatic rings. The van der Waals surface area contributed by atoms with E-state index in [1.54, 1.807) is 0 Å². The molecule has 23 heavy (non-hydrogen) atoms. The van der Waals surface area contributed by atoms with Crippen LogP contribution in [0.1, 0.15) is 77.7 Å². The van der Waals surface area contributed by atoms with Crippen LogP contribution in [-0.4, -0.2) is 0 Å². The van der Waals surface area contributed by atoms with Crippen molar-refractivity contribution < 1.29 is 0 Å². The highest BCUT2D eigenvalue weighted by Crippen LogP contribution is 2.15. The van der Waals surface area contributed by atoms with E-state index in [9.17, 15) is 0 Å². The summed E-state index contributed by atoms with van der Waals surface area (Å²) >= 11 is 0. The van der Waals surface area contributed by atoms with Gasteiger partial charge in [0.05, 0.1) is 0 Å².